The van der Waals surface area contributed by atoms with E-state index in [1.54, 1.807) is 24.3 Å². The molecule has 1 aromatic carbocycles. The van der Waals surface area contributed by atoms with E-state index >= 15 is 0 Å². The Morgan fingerprint density at radius 2 is 1.61 bits per heavy atom. The van der Waals surface area contributed by atoms with Crippen LogP contribution in [0.5, 0.6) is 0 Å². The molecule has 0 aliphatic rings. The summed E-state index contributed by atoms with van der Waals surface area (Å²) >= 11 is 1.41. The molecule has 0 spiro atoms. The highest BCUT2D eigenvalue weighted by Crippen LogP contribution is 2.23. The standard InChI is InChI=1S/C21H29N3O6S/c1-15-16(2)31-21(22-15)24-20(27)17-5-3-4-6-18(17)23-19(26)7-9-28-11-13-30-14-12-29-10-8-25/h3-6,25H,7-14H2,1-2H3,(H,23,26)(H,22,24,27). The van der Waals surface area contributed by atoms with Crippen LogP contribution in [-0.2, 0) is 19.0 Å². The van der Waals surface area contributed by atoms with Gasteiger partial charge in [0.15, 0.2) is 5.13 Å². The average molecular weight is 452 g/mol. The lowest BCUT2D eigenvalue weighted by atomic mass is 10.1. The van der Waals surface area contributed by atoms with Crippen molar-refractivity contribution in [1.29, 1.82) is 0 Å². The lowest BCUT2D eigenvalue weighted by Crippen LogP contribution is -2.19. The van der Waals surface area contributed by atoms with E-state index in [1.807, 2.05) is 13.8 Å². The third kappa shape index (κ3) is 9.11. The molecule has 0 fully saturated rings. The zero-order valence-electron chi connectivity index (χ0n) is 17.8. The molecule has 0 saturated heterocycles. The van der Waals surface area contributed by atoms with Crippen LogP contribution in [0, 0.1) is 13.8 Å². The highest BCUT2D eigenvalue weighted by atomic mass is 32.1. The quantitative estimate of drug-likeness (QED) is 0.377. The summed E-state index contributed by atoms with van der Waals surface area (Å²) in [6, 6.07) is 6.82. The van der Waals surface area contributed by atoms with Gasteiger partial charge in [0.25, 0.3) is 5.91 Å². The van der Waals surface area contributed by atoms with E-state index in [1.165, 1.54) is 11.3 Å². The van der Waals surface area contributed by atoms with Crippen molar-refractivity contribution >= 4 is 34.0 Å². The van der Waals surface area contributed by atoms with Crippen LogP contribution in [-0.4, -0.2) is 68.2 Å². The summed E-state index contributed by atoms with van der Waals surface area (Å²) < 4.78 is 15.8. The molecule has 1 heterocycles. The highest BCUT2D eigenvalue weighted by Gasteiger charge is 2.15. The van der Waals surface area contributed by atoms with Crippen LogP contribution in [0.3, 0.4) is 0 Å². The molecule has 2 aromatic rings. The number of aromatic nitrogens is 1. The highest BCUT2D eigenvalue weighted by molar-refractivity contribution is 7.15. The minimum Gasteiger partial charge on any atom is -0.394 e. The average Bonchev–Trinajstić information content (AvgIpc) is 3.06. The molecule has 1 aromatic heterocycles. The van der Waals surface area contributed by atoms with Crippen molar-refractivity contribution in [2.24, 2.45) is 0 Å². The van der Waals surface area contributed by atoms with Gasteiger partial charge >= 0.3 is 0 Å². The first-order valence-electron chi connectivity index (χ1n) is 9.99. The summed E-state index contributed by atoms with van der Waals surface area (Å²) in [4.78, 5) is 30.2. The Morgan fingerprint density at radius 3 is 2.26 bits per heavy atom. The molecule has 9 nitrogen and oxygen atoms in total. The summed E-state index contributed by atoms with van der Waals surface area (Å²) in [6.45, 7) is 5.94. The van der Waals surface area contributed by atoms with Crippen LogP contribution < -0.4 is 10.6 Å². The van der Waals surface area contributed by atoms with Gasteiger partial charge in [-0.3, -0.25) is 14.9 Å². The maximum absolute atomic E-state index is 12.6. The molecule has 0 bridgehead atoms. The number of aliphatic hydroxyl groups is 1. The van der Waals surface area contributed by atoms with Crippen LogP contribution in [0.1, 0.15) is 27.3 Å². The number of thiazole rings is 1. The smallest absolute Gasteiger partial charge is 0.259 e. The molecule has 2 amide bonds. The first-order chi connectivity index (χ1) is 15.0. The Morgan fingerprint density at radius 1 is 0.968 bits per heavy atom. The molecule has 0 radical (unpaired) electrons. The predicted molar refractivity (Wildman–Crippen MR) is 119 cm³/mol. The van der Waals surface area contributed by atoms with Crippen LogP contribution in [0.4, 0.5) is 10.8 Å². The Balaban J connectivity index is 1.71. The molecule has 0 unspecified atom stereocenters. The Bertz CT molecular complexity index is 823. The maximum Gasteiger partial charge on any atom is 0.259 e. The number of rotatable bonds is 14. The minimum absolute atomic E-state index is 0.00837. The Labute approximate surface area is 185 Å². The first-order valence-corrected chi connectivity index (χ1v) is 10.8. The van der Waals surface area contributed by atoms with E-state index in [-0.39, 0.29) is 31.4 Å². The summed E-state index contributed by atoms with van der Waals surface area (Å²) in [6.07, 6.45) is 0.153. The monoisotopic (exact) mass is 451 g/mol. The number of para-hydroxylation sites is 1. The molecule has 0 atom stereocenters. The molecule has 0 aliphatic carbocycles. The number of carbonyl (C=O) groups is 2. The number of ether oxygens (including phenoxy) is 3. The number of nitrogens with zero attached hydrogens (tertiary/aromatic N) is 1. The van der Waals surface area contributed by atoms with Gasteiger partial charge in [-0.05, 0) is 26.0 Å². The molecule has 10 heteroatoms. The van der Waals surface area contributed by atoms with Gasteiger partial charge in [0.05, 0.1) is 69.6 Å². The van der Waals surface area contributed by atoms with E-state index < -0.39 is 0 Å². The van der Waals surface area contributed by atoms with Gasteiger partial charge in [0, 0.05) is 4.88 Å². The number of carbonyl (C=O) groups excluding carboxylic acids is 2. The van der Waals surface area contributed by atoms with Crippen LogP contribution in [0.15, 0.2) is 24.3 Å². The zero-order valence-corrected chi connectivity index (χ0v) is 18.6. The number of hydrogen-bond acceptors (Lipinski definition) is 8. The third-order valence-electron chi connectivity index (χ3n) is 4.15. The maximum atomic E-state index is 12.6. The molecular weight excluding hydrogens is 422 g/mol. The topological polar surface area (TPSA) is 119 Å². The molecule has 0 aliphatic heterocycles. The van der Waals surface area contributed by atoms with Crippen molar-refractivity contribution < 1.29 is 28.9 Å². The molecule has 0 saturated carbocycles. The first kappa shape index (κ1) is 24.9. The van der Waals surface area contributed by atoms with E-state index in [2.05, 4.69) is 15.6 Å². The fourth-order valence-corrected chi connectivity index (χ4v) is 3.27. The number of aliphatic hydroxyl groups excluding tert-OH is 1. The van der Waals surface area contributed by atoms with Crippen molar-refractivity contribution in [2.75, 3.05) is 56.9 Å². The van der Waals surface area contributed by atoms with Gasteiger partial charge in [-0.15, -0.1) is 11.3 Å². The minimum atomic E-state index is -0.332. The number of nitrogens with one attached hydrogen (secondary N) is 2. The van der Waals surface area contributed by atoms with E-state index in [4.69, 9.17) is 19.3 Å². The lowest BCUT2D eigenvalue weighted by molar-refractivity contribution is -0.117. The normalized spacial score (nSPS) is 10.8. The number of hydrogen-bond donors (Lipinski definition) is 3. The Kier molecular flexibility index (Phi) is 11.1. The van der Waals surface area contributed by atoms with Gasteiger partial charge in [-0.1, -0.05) is 12.1 Å². The number of aryl methyl sites for hydroxylation is 2. The second-order valence-corrected chi connectivity index (χ2v) is 7.72. The van der Waals surface area contributed by atoms with Gasteiger partial charge < -0.3 is 24.6 Å². The zero-order chi connectivity index (χ0) is 22.5. The number of amides is 2. The summed E-state index contributed by atoms with van der Waals surface area (Å²) in [5, 5.41) is 14.6. The van der Waals surface area contributed by atoms with Crippen molar-refractivity contribution in [3.63, 3.8) is 0 Å². The second-order valence-electron chi connectivity index (χ2n) is 6.52. The second kappa shape index (κ2) is 13.8. The largest absolute Gasteiger partial charge is 0.394 e. The molecule has 170 valence electrons. The molecular formula is C21H29N3O6S. The number of benzene rings is 1. The van der Waals surface area contributed by atoms with E-state index in [0.717, 1.165) is 10.6 Å². The molecule has 3 N–H and O–H groups in total. The SMILES string of the molecule is Cc1nc(NC(=O)c2ccccc2NC(=O)CCOCCOCCOCCO)sc1C. The molecule has 31 heavy (non-hydrogen) atoms. The van der Waals surface area contributed by atoms with Crippen LogP contribution in [0.2, 0.25) is 0 Å². The van der Waals surface area contributed by atoms with E-state index in [9.17, 15) is 9.59 Å². The van der Waals surface area contributed by atoms with Crippen molar-refractivity contribution in [2.45, 2.75) is 20.3 Å². The third-order valence-corrected chi connectivity index (χ3v) is 5.14. The lowest BCUT2D eigenvalue weighted by Gasteiger charge is -2.11. The van der Waals surface area contributed by atoms with Gasteiger partial charge in [0.2, 0.25) is 5.91 Å². The van der Waals surface area contributed by atoms with Crippen molar-refractivity contribution in [3.8, 4) is 0 Å². The molecule has 2 rings (SSSR count). The summed E-state index contributed by atoms with van der Waals surface area (Å²) in [7, 11) is 0. The Hall–Kier alpha value is -2.37. The van der Waals surface area contributed by atoms with Gasteiger partial charge in [-0.2, -0.15) is 0 Å². The predicted octanol–water partition coefficient (Wildman–Crippen LogP) is 2.38. The summed E-state index contributed by atoms with van der Waals surface area (Å²) in [5.74, 6) is -0.583. The van der Waals surface area contributed by atoms with Crippen LogP contribution >= 0.6 is 11.3 Å². The fraction of sp³-hybridized carbons (Fsp3) is 0.476. The van der Waals surface area contributed by atoms with E-state index in [0.29, 0.717) is 49.4 Å². The van der Waals surface area contributed by atoms with Gasteiger partial charge in [-0.25, -0.2) is 4.98 Å². The fourth-order valence-electron chi connectivity index (χ4n) is 2.46. The van der Waals surface area contributed by atoms with Gasteiger partial charge in [0.1, 0.15) is 0 Å². The van der Waals surface area contributed by atoms with Crippen molar-refractivity contribution in [1.82, 2.24) is 4.98 Å². The number of anilines is 2. The summed E-state index contributed by atoms with van der Waals surface area (Å²) in [5.41, 5.74) is 1.67. The van der Waals surface area contributed by atoms with Crippen molar-refractivity contribution in [3.05, 3.63) is 40.4 Å². The van der Waals surface area contributed by atoms with Crippen LogP contribution in [0.25, 0.3) is 0 Å².